The molecule has 0 saturated carbocycles. The Kier molecular flexibility index (Phi) is 9.24. The predicted molar refractivity (Wildman–Crippen MR) is 94.7 cm³/mol. The Morgan fingerprint density at radius 2 is 1.82 bits per heavy atom. The van der Waals surface area contributed by atoms with Gasteiger partial charge in [-0.05, 0) is 37.6 Å². The van der Waals surface area contributed by atoms with Gasteiger partial charge in [-0.15, -0.1) is 0 Å². The van der Waals surface area contributed by atoms with Crippen molar-refractivity contribution in [1.82, 2.24) is 10.2 Å². The molecule has 0 aliphatic carbocycles. The van der Waals surface area contributed by atoms with Crippen molar-refractivity contribution < 1.29 is 4.79 Å². The third-order valence-electron chi connectivity index (χ3n) is 3.84. The number of hydrogen-bond donors (Lipinski definition) is 1. The number of amides is 1. The van der Waals surface area contributed by atoms with E-state index in [1.54, 1.807) is 0 Å². The molecule has 0 aliphatic rings. The van der Waals surface area contributed by atoms with Gasteiger partial charge in [-0.2, -0.15) is 0 Å². The zero-order valence-electron chi connectivity index (χ0n) is 14.3. The molecule has 0 aromatic heterocycles. The summed E-state index contributed by atoms with van der Waals surface area (Å²) in [6, 6.07) is 10.1. The molecule has 1 amide bonds. The number of nitrogens with one attached hydrogen (secondary N) is 1. The van der Waals surface area contributed by atoms with Crippen LogP contribution in [-0.4, -0.2) is 37.0 Å². The van der Waals surface area contributed by atoms with Crippen LogP contribution in [0.1, 0.15) is 45.6 Å². The van der Waals surface area contributed by atoms with Crippen LogP contribution in [-0.2, 0) is 4.79 Å². The van der Waals surface area contributed by atoms with Gasteiger partial charge in [0.05, 0.1) is 0 Å². The lowest BCUT2D eigenvalue weighted by Crippen LogP contribution is -2.35. The van der Waals surface area contributed by atoms with Crippen molar-refractivity contribution in [3.05, 3.63) is 41.5 Å². The first kappa shape index (κ1) is 18.4. The number of carbonyl (C=O) groups excluding carboxylic acids is 1. The van der Waals surface area contributed by atoms with Crippen LogP contribution >= 0.6 is 0 Å². The van der Waals surface area contributed by atoms with Gasteiger partial charge in [-0.1, -0.05) is 57.5 Å². The summed E-state index contributed by atoms with van der Waals surface area (Å²) < 4.78 is 0. The van der Waals surface area contributed by atoms with Crippen molar-refractivity contribution >= 4 is 12.0 Å². The maximum atomic E-state index is 12.4. The molecule has 0 unspecified atom stereocenters. The number of benzene rings is 1. The van der Waals surface area contributed by atoms with E-state index in [-0.39, 0.29) is 5.91 Å². The van der Waals surface area contributed by atoms with Crippen molar-refractivity contribution in [2.45, 2.75) is 40.0 Å². The second kappa shape index (κ2) is 11.0. The maximum absolute atomic E-state index is 12.4. The Morgan fingerprint density at radius 3 is 2.41 bits per heavy atom. The molecule has 3 nitrogen and oxygen atoms in total. The summed E-state index contributed by atoms with van der Waals surface area (Å²) in [5, 5.41) is 3.06. The Hall–Kier alpha value is -1.61. The van der Waals surface area contributed by atoms with E-state index in [1.807, 2.05) is 36.4 Å². The number of carbonyl (C=O) groups is 1. The Morgan fingerprint density at radius 1 is 1.14 bits per heavy atom. The van der Waals surface area contributed by atoms with Crippen molar-refractivity contribution in [2.24, 2.45) is 0 Å². The predicted octanol–water partition coefficient (Wildman–Crippen LogP) is 3.72. The van der Waals surface area contributed by atoms with Gasteiger partial charge in [0, 0.05) is 18.7 Å². The first-order valence-corrected chi connectivity index (χ1v) is 8.47. The van der Waals surface area contributed by atoms with Crippen LogP contribution in [0, 0.1) is 0 Å². The molecule has 1 aromatic rings. The molecule has 1 N–H and O–H groups in total. The highest BCUT2D eigenvalue weighted by Gasteiger charge is 2.09. The Balaban J connectivity index is 2.63. The average molecular weight is 302 g/mol. The van der Waals surface area contributed by atoms with Gasteiger partial charge in [0.25, 0.3) is 0 Å². The molecule has 0 saturated heterocycles. The molecule has 0 spiro atoms. The minimum absolute atomic E-state index is 0.0736. The van der Waals surface area contributed by atoms with E-state index >= 15 is 0 Å². The van der Waals surface area contributed by atoms with E-state index in [0.29, 0.717) is 6.54 Å². The number of likely N-dealkylation sites (N-methyl/N-ethyl adjacent to an activating group) is 1. The van der Waals surface area contributed by atoms with E-state index in [0.717, 1.165) is 50.0 Å². The molecule has 0 radical (unpaired) electrons. The van der Waals surface area contributed by atoms with Crippen LogP contribution in [0.2, 0.25) is 0 Å². The monoisotopic (exact) mass is 302 g/mol. The SMILES string of the molecule is CCCC/C(=C/c1ccccc1)C(=O)NCCN(CC)CC. The van der Waals surface area contributed by atoms with E-state index in [4.69, 9.17) is 0 Å². The van der Waals surface area contributed by atoms with Gasteiger partial charge < -0.3 is 10.2 Å². The molecule has 22 heavy (non-hydrogen) atoms. The molecule has 0 atom stereocenters. The Bertz CT molecular complexity index is 450. The second-order valence-electron chi connectivity index (χ2n) is 5.47. The molecular weight excluding hydrogens is 272 g/mol. The fourth-order valence-electron chi connectivity index (χ4n) is 2.35. The van der Waals surface area contributed by atoms with Crippen LogP contribution in [0.4, 0.5) is 0 Å². The van der Waals surface area contributed by atoms with Crippen molar-refractivity contribution in [3.63, 3.8) is 0 Å². The minimum atomic E-state index is 0.0736. The van der Waals surface area contributed by atoms with Gasteiger partial charge in [0.15, 0.2) is 0 Å². The number of unbranched alkanes of at least 4 members (excludes halogenated alkanes) is 1. The lowest BCUT2D eigenvalue weighted by molar-refractivity contribution is -0.117. The third-order valence-corrected chi connectivity index (χ3v) is 3.84. The molecule has 1 aromatic carbocycles. The van der Waals surface area contributed by atoms with Crippen molar-refractivity contribution in [1.29, 1.82) is 0 Å². The van der Waals surface area contributed by atoms with Crippen molar-refractivity contribution in [2.75, 3.05) is 26.2 Å². The summed E-state index contributed by atoms with van der Waals surface area (Å²) in [4.78, 5) is 14.7. The van der Waals surface area contributed by atoms with Crippen LogP contribution < -0.4 is 5.32 Å². The van der Waals surface area contributed by atoms with E-state index in [1.165, 1.54) is 0 Å². The highest BCUT2D eigenvalue weighted by atomic mass is 16.1. The Labute approximate surface area is 135 Å². The molecule has 0 bridgehead atoms. The van der Waals surface area contributed by atoms with Crippen molar-refractivity contribution in [3.8, 4) is 0 Å². The molecule has 0 aliphatic heterocycles. The lowest BCUT2D eigenvalue weighted by atomic mass is 10.0. The molecular formula is C19H30N2O. The molecule has 0 fully saturated rings. The summed E-state index contributed by atoms with van der Waals surface area (Å²) in [5.74, 6) is 0.0736. The van der Waals surface area contributed by atoms with Gasteiger partial charge in [0.1, 0.15) is 0 Å². The van der Waals surface area contributed by atoms with Gasteiger partial charge >= 0.3 is 0 Å². The van der Waals surface area contributed by atoms with Crippen LogP contribution in [0.15, 0.2) is 35.9 Å². The lowest BCUT2D eigenvalue weighted by Gasteiger charge is -2.18. The molecule has 122 valence electrons. The third kappa shape index (κ3) is 6.90. The maximum Gasteiger partial charge on any atom is 0.247 e. The standard InChI is InChI=1S/C19H30N2O/c1-4-7-13-18(16-17-11-9-8-10-12-17)19(22)20-14-15-21(5-2)6-3/h8-12,16H,4-7,13-15H2,1-3H3,(H,20,22)/b18-16-. The fourth-order valence-corrected chi connectivity index (χ4v) is 2.35. The summed E-state index contributed by atoms with van der Waals surface area (Å²) in [5.41, 5.74) is 1.97. The van der Waals surface area contributed by atoms with Gasteiger partial charge in [-0.3, -0.25) is 4.79 Å². The van der Waals surface area contributed by atoms with Gasteiger partial charge in [-0.25, -0.2) is 0 Å². The highest BCUT2D eigenvalue weighted by Crippen LogP contribution is 2.13. The summed E-state index contributed by atoms with van der Waals surface area (Å²) in [7, 11) is 0. The number of rotatable bonds is 10. The number of hydrogen-bond acceptors (Lipinski definition) is 2. The van der Waals surface area contributed by atoms with Crippen LogP contribution in [0.5, 0.6) is 0 Å². The van der Waals surface area contributed by atoms with E-state index in [2.05, 4.69) is 31.0 Å². The zero-order chi connectivity index (χ0) is 16.2. The summed E-state index contributed by atoms with van der Waals surface area (Å²) >= 11 is 0. The largest absolute Gasteiger partial charge is 0.351 e. The first-order valence-electron chi connectivity index (χ1n) is 8.47. The fraction of sp³-hybridized carbons (Fsp3) is 0.526. The average Bonchev–Trinajstić information content (AvgIpc) is 2.56. The topological polar surface area (TPSA) is 32.3 Å². The zero-order valence-corrected chi connectivity index (χ0v) is 14.3. The number of nitrogens with zero attached hydrogens (tertiary/aromatic N) is 1. The normalized spacial score (nSPS) is 11.7. The van der Waals surface area contributed by atoms with Crippen LogP contribution in [0.3, 0.4) is 0 Å². The van der Waals surface area contributed by atoms with E-state index in [9.17, 15) is 4.79 Å². The summed E-state index contributed by atoms with van der Waals surface area (Å²) in [6.07, 6.45) is 4.99. The summed E-state index contributed by atoms with van der Waals surface area (Å²) in [6.45, 7) is 10.1. The second-order valence-corrected chi connectivity index (χ2v) is 5.47. The molecule has 1 rings (SSSR count). The molecule has 3 heteroatoms. The smallest absolute Gasteiger partial charge is 0.247 e. The minimum Gasteiger partial charge on any atom is -0.351 e. The first-order chi connectivity index (χ1) is 10.7. The quantitative estimate of drug-likeness (QED) is 0.668. The van der Waals surface area contributed by atoms with Gasteiger partial charge in [0.2, 0.25) is 5.91 Å². The molecule has 0 heterocycles. The van der Waals surface area contributed by atoms with E-state index < -0.39 is 0 Å². The van der Waals surface area contributed by atoms with Crippen LogP contribution in [0.25, 0.3) is 6.08 Å². The highest BCUT2D eigenvalue weighted by molar-refractivity contribution is 5.97.